The van der Waals surface area contributed by atoms with Gasteiger partial charge in [-0.05, 0) is 36.9 Å². The van der Waals surface area contributed by atoms with Crippen molar-refractivity contribution >= 4 is 16.7 Å². The zero-order valence-electron chi connectivity index (χ0n) is 14.1. The Balaban J connectivity index is 1.99. The van der Waals surface area contributed by atoms with Crippen molar-refractivity contribution in [3.05, 3.63) is 48.8 Å². The first-order valence-corrected chi connectivity index (χ1v) is 8.04. The summed E-state index contributed by atoms with van der Waals surface area (Å²) in [5.74, 6) is 0.684. The van der Waals surface area contributed by atoms with Crippen LogP contribution in [0.1, 0.15) is 13.8 Å². The lowest BCUT2D eigenvalue weighted by molar-refractivity contribution is -0.136. The predicted octanol–water partition coefficient (Wildman–Crippen LogP) is 3.48. The average Bonchev–Trinajstić information content (AvgIpc) is 3.15. The molecule has 3 rings (SSSR count). The number of hydrogen-bond acceptors (Lipinski definition) is 3. The molecule has 0 fully saturated rings. The molecule has 1 atom stereocenters. The van der Waals surface area contributed by atoms with Gasteiger partial charge in [0.25, 0.3) is 5.91 Å². The summed E-state index contributed by atoms with van der Waals surface area (Å²) in [6, 6.07) is 11.9. The fourth-order valence-corrected chi connectivity index (χ4v) is 2.73. The van der Waals surface area contributed by atoms with Gasteiger partial charge >= 0.3 is 0 Å². The lowest BCUT2D eigenvalue weighted by Gasteiger charge is -2.21. The molecule has 1 amide bonds. The molecule has 5 nitrogen and oxygen atoms in total. The van der Waals surface area contributed by atoms with E-state index in [9.17, 15) is 4.79 Å². The average molecular weight is 323 g/mol. The lowest BCUT2D eigenvalue weighted by Crippen LogP contribution is -2.37. The predicted molar refractivity (Wildman–Crippen MR) is 94.9 cm³/mol. The van der Waals surface area contributed by atoms with Crippen molar-refractivity contribution < 1.29 is 9.53 Å². The maximum Gasteiger partial charge on any atom is 0.263 e. The molecule has 0 bridgehead atoms. The molecule has 1 N–H and O–H groups in total. The molecule has 0 saturated heterocycles. The minimum absolute atomic E-state index is 0.0273. The Bertz CT molecular complexity index is 843. The van der Waals surface area contributed by atoms with Crippen molar-refractivity contribution in [3.8, 4) is 16.9 Å². The molecule has 0 spiro atoms. The van der Waals surface area contributed by atoms with Crippen LogP contribution in [0.4, 0.5) is 0 Å². The van der Waals surface area contributed by atoms with E-state index in [1.165, 1.54) is 0 Å². The fraction of sp³-hybridized carbons (Fsp3) is 0.263. The molecule has 124 valence electrons. The molecular weight excluding hydrogens is 302 g/mol. The Labute approximate surface area is 141 Å². The Morgan fingerprint density at radius 3 is 2.67 bits per heavy atom. The number of amides is 1. The van der Waals surface area contributed by atoms with E-state index in [0.29, 0.717) is 12.3 Å². The van der Waals surface area contributed by atoms with Crippen LogP contribution in [-0.2, 0) is 4.79 Å². The Hall–Kier alpha value is -2.82. The van der Waals surface area contributed by atoms with E-state index in [-0.39, 0.29) is 5.91 Å². The third-order valence-electron chi connectivity index (χ3n) is 4.20. The number of nitrogens with one attached hydrogen (secondary N) is 1. The van der Waals surface area contributed by atoms with Gasteiger partial charge in [0.05, 0.1) is 6.20 Å². The van der Waals surface area contributed by atoms with Gasteiger partial charge in [0.2, 0.25) is 0 Å². The van der Waals surface area contributed by atoms with E-state index in [1.54, 1.807) is 25.1 Å². The topological polar surface area (TPSA) is 58.2 Å². The number of carbonyl (C=O) groups is 1. The number of aromatic nitrogens is 2. The summed E-state index contributed by atoms with van der Waals surface area (Å²) in [4.78, 5) is 13.9. The molecule has 1 aromatic heterocycles. The second-order valence-electron chi connectivity index (χ2n) is 5.76. The van der Waals surface area contributed by atoms with Crippen LogP contribution >= 0.6 is 0 Å². The highest BCUT2D eigenvalue weighted by atomic mass is 16.5. The number of fused-ring (bicyclic) bond motifs is 1. The van der Waals surface area contributed by atoms with Crippen LogP contribution in [0.3, 0.4) is 0 Å². The zero-order valence-corrected chi connectivity index (χ0v) is 14.1. The molecule has 0 saturated carbocycles. The number of aromatic amines is 1. The summed E-state index contributed by atoms with van der Waals surface area (Å²) in [5.41, 5.74) is 2.10. The number of H-pyrrole nitrogens is 1. The van der Waals surface area contributed by atoms with Crippen molar-refractivity contribution in [2.75, 3.05) is 13.6 Å². The van der Waals surface area contributed by atoms with Gasteiger partial charge in [0.15, 0.2) is 6.10 Å². The molecule has 0 radical (unpaired) electrons. The monoisotopic (exact) mass is 323 g/mol. The first kappa shape index (κ1) is 16.1. The van der Waals surface area contributed by atoms with Gasteiger partial charge in [0.1, 0.15) is 5.75 Å². The van der Waals surface area contributed by atoms with Crippen LogP contribution in [-0.4, -0.2) is 40.7 Å². The highest BCUT2D eigenvalue weighted by molar-refractivity contribution is 6.00. The number of carbonyl (C=O) groups excluding carboxylic acids is 1. The second kappa shape index (κ2) is 6.74. The van der Waals surface area contributed by atoms with E-state index in [0.717, 1.165) is 21.9 Å². The number of likely N-dealkylation sites (N-methyl/N-ethyl adjacent to an activating group) is 1. The largest absolute Gasteiger partial charge is 0.480 e. The van der Waals surface area contributed by atoms with E-state index in [4.69, 9.17) is 4.74 Å². The highest BCUT2D eigenvalue weighted by Gasteiger charge is 2.19. The Kier molecular flexibility index (Phi) is 4.51. The van der Waals surface area contributed by atoms with Gasteiger partial charge in [0, 0.05) is 30.7 Å². The van der Waals surface area contributed by atoms with Crippen LogP contribution in [0.5, 0.6) is 5.75 Å². The summed E-state index contributed by atoms with van der Waals surface area (Å²) in [6.07, 6.45) is 3.13. The van der Waals surface area contributed by atoms with Crippen molar-refractivity contribution in [1.29, 1.82) is 0 Å². The molecular formula is C19H21N3O2. The highest BCUT2D eigenvalue weighted by Crippen LogP contribution is 2.34. The fourth-order valence-electron chi connectivity index (χ4n) is 2.73. The quantitative estimate of drug-likeness (QED) is 0.782. The molecule has 0 aliphatic rings. The summed E-state index contributed by atoms with van der Waals surface area (Å²) < 4.78 is 5.97. The third-order valence-corrected chi connectivity index (χ3v) is 4.20. The third kappa shape index (κ3) is 2.97. The number of benzene rings is 2. The van der Waals surface area contributed by atoms with Crippen molar-refractivity contribution in [2.24, 2.45) is 0 Å². The summed E-state index contributed by atoms with van der Waals surface area (Å²) in [7, 11) is 1.78. The van der Waals surface area contributed by atoms with Crippen LogP contribution in [0.15, 0.2) is 48.8 Å². The molecule has 0 aliphatic carbocycles. The van der Waals surface area contributed by atoms with Gasteiger partial charge in [-0.1, -0.05) is 24.3 Å². The summed E-state index contributed by atoms with van der Waals surface area (Å²) in [5, 5.41) is 8.91. The minimum atomic E-state index is -0.530. The normalized spacial score (nSPS) is 12.1. The maximum absolute atomic E-state index is 12.3. The first-order valence-electron chi connectivity index (χ1n) is 8.04. The van der Waals surface area contributed by atoms with E-state index in [2.05, 4.69) is 16.3 Å². The SMILES string of the molecule is CCN(C)C(=O)C(C)Oc1ccc(-c2cn[nH]c2)c2ccccc12. The van der Waals surface area contributed by atoms with Gasteiger partial charge < -0.3 is 9.64 Å². The Morgan fingerprint density at radius 1 is 1.25 bits per heavy atom. The van der Waals surface area contributed by atoms with E-state index in [1.807, 2.05) is 43.5 Å². The van der Waals surface area contributed by atoms with E-state index >= 15 is 0 Å². The molecule has 1 heterocycles. The number of hydrogen-bond donors (Lipinski definition) is 1. The van der Waals surface area contributed by atoms with Gasteiger partial charge in [-0.2, -0.15) is 5.10 Å². The van der Waals surface area contributed by atoms with Crippen molar-refractivity contribution in [3.63, 3.8) is 0 Å². The molecule has 1 unspecified atom stereocenters. The maximum atomic E-state index is 12.3. The summed E-state index contributed by atoms with van der Waals surface area (Å²) in [6.45, 7) is 4.39. The van der Waals surface area contributed by atoms with Crippen LogP contribution < -0.4 is 4.74 Å². The minimum Gasteiger partial charge on any atom is -0.480 e. The Morgan fingerprint density at radius 2 is 2.00 bits per heavy atom. The second-order valence-corrected chi connectivity index (χ2v) is 5.76. The number of rotatable bonds is 5. The zero-order chi connectivity index (χ0) is 17.1. The van der Waals surface area contributed by atoms with Gasteiger partial charge in [-0.3, -0.25) is 9.89 Å². The lowest BCUT2D eigenvalue weighted by atomic mass is 10.00. The molecule has 24 heavy (non-hydrogen) atoms. The summed E-state index contributed by atoms with van der Waals surface area (Å²) >= 11 is 0. The van der Waals surface area contributed by atoms with Crippen molar-refractivity contribution in [2.45, 2.75) is 20.0 Å². The molecule has 3 aromatic rings. The smallest absolute Gasteiger partial charge is 0.263 e. The number of ether oxygens (including phenoxy) is 1. The van der Waals surface area contributed by atoms with Gasteiger partial charge in [-0.25, -0.2) is 0 Å². The molecule has 0 aliphatic heterocycles. The van der Waals surface area contributed by atoms with E-state index < -0.39 is 6.10 Å². The standard InChI is InChI=1S/C19H21N3O2/c1-4-22(3)19(23)13(2)24-18-10-9-15(14-11-20-21-12-14)16-7-5-6-8-17(16)18/h5-13H,4H2,1-3H3,(H,20,21). The van der Waals surface area contributed by atoms with Crippen molar-refractivity contribution in [1.82, 2.24) is 15.1 Å². The molecule has 2 aromatic carbocycles. The van der Waals surface area contributed by atoms with Crippen LogP contribution in [0.2, 0.25) is 0 Å². The van der Waals surface area contributed by atoms with Crippen LogP contribution in [0.25, 0.3) is 21.9 Å². The first-order chi connectivity index (χ1) is 11.6. The van der Waals surface area contributed by atoms with Crippen LogP contribution in [0, 0.1) is 0 Å². The molecule has 5 heteroatoms. The number of nitrogens with zero attached hydrogens (tertiary/aromatic N) is 2. The van der Waals surface area contributed by atoms with Gasteiger partial charge in [-0.15, -0.1) is 0 Å².